The highest BCUT2D eigenvalue weighted by molar-refractivity contribution is 5.76. The van der Waals surface area contributed by atoms with Gasteiger partial charge in [-0.15, -0.1) is 0 Å². The van der Waals surface area contributed by atoms with Crippen LogP contribution in [0.15, 0.2) is 18.5 Å². The molecule has 2 N–H and O–H groups in total. The van der Waals surface area contributed by atoms with Gasteiger partial charge in [-0.1, -0.05) is 6.08 Å². The molecule has 0 bridgehead atoms. The minimum Gasteiger partial charge on any atom is -0.369 e. The van der Waals surface area contributed by atoms with Gasteiger partial charge in [-0.05, 0) is 13.0 Å². The highest BCUT2D eigenvalue weighted by atomic mass is 16.1. The van der Waals surface area contributed by atoms with Gasteiger partial charge in [0.25, 0.3) is 0 Å². The minimum absolute atomic E-state index is 0.232. The Bertz CT molecular complexity index is 333. The SMILES string of the molecule is Cc1cncc(C=CCC(N)=O)n1. The van der Waals surface area contributed by atoms with Gasteiger partial charge in [0.15, 0.2) is 0 Å². The second-order valence-electron chi connectivity index (χ2n) is 2.66. The van der Waals surface area contributed by atoms with Crippen LogP contribution in [-0.2, 0) is 4.79 Å². The number of primary amides is 1. The van der Waals surface area contributed by atoms with Gasteiger partial charge in [0.2, 0.25) is 5.91 Å². The quantitative estimate of drug-likeness (QED) is 0.737. The summed E-state index contributed by atoms with van der Waals surface area (Å²) >= 11 is 0. The molecule has 1 heterocycles. The number of hydrogen-bond acceptors (Lipinski definition) is 3. The van der Waals surface area contributed by atoms with Gasteiger partial charge in [-0.2, -0.15) is 0 Å². The molecule has 1 aromatic heterocycles. The first-order chi connectivity index (χ1) is 6.18. The van der Waals surface area contributed by atoms with Crippen molar-refractivity contribution in [2.45, 2.75) is 13.3 Å². The monoisotopic (exact) mass is 177 g/mol. The van der Waals surface area contributed by atoms with E-state index in [0.29, 0.717) is 0 Å². The summed E-state index contributed by atoms with van der Waals surface area (Å²) in [7, 11) is 0. The topological polar surface area (TPSA) is 68.9 Å². The molecule has 68 valence electrons. The molecule has 13 heavy (non-hydrogen) atoms. The second-order valence-corrected chi connectivity index (χ2v) is 2.66. The van der Waals surface area contributed by atoms with Crippen LogP contribution < -0.4 is 5.73 Å². The Morgan fingerprint density at radius 3 is 3.00 bits per heavy atom. The fraction of sp³-hybridized carbons (Fsp3) is 0.222. The molecule has 0 saturated heterocycles. The lowest BCUT2D eigenvalue weighted by Crippen LogP contribution is -2.07. The van der Waals surface area contributed by atoms with Gasteiger partial charge in [0.05, 0.1) is 17.6 Å². The minimum atomic E-state index is -0.350. The standard InChI is InChI=1S/C9H11N3O/c1-7-5-11-6-8(12-7)3-2-4-9(10)13/h2-3,5-6H,4H2,1H3,(H2,10,13). The molecule has 0 aromatic carbocycles. The fourth-order valence-corrected chi connectivity index (χ4v) is 0.859. The lowest BCUT2D eigenvalue weighted by molar-refractivity contribution is -0.117. The zero-order chi connectivity index (χ0) is 9.68. The Morgan fingerprint density at radius 2 is 2.38 bits per heavy atom. The maximum absolute atomic E-state index is 10.4. The molecule has 0 aliphatic rings. The van der Waals surface area contributed by atoms with E-state index in [4.69, 9.17) is 5.73 Å². The molecule has 4 heteroatoms. The zero-order valence-corrected chi connectivity index (χ0v) is 7.40. The summed E-state index contributed by atoms with van der Waals surface area (Å²) in [4.78, 5) is 18.5. The Balaban J connectivity index is 2.63. The molecule has 1 rings (SSSR count). The number of nitrogens with zero attached hydrogens (tertiary/aromatic N) is 2. The fourth-order valence-electron chi connectivity index (χ4n) is 0.859. The molecule has 0 fully saturated rings. The highest BCUT2D eigenvalue weighted by Gasteiger charge is 1.91. The van der Waals surface area contributed by atoms with E-state index in [-0.39, 0.29) is 12.3 Å². The first kappa shape index (κ1) is 9.38. The van der Waals surface area contributed by atoms with Crippen LogP contribution in [0.1, 0.15) is 17.8 Å². The second kappa shape index (κ2) is 4.35. The van der Waals surface area contributed by atoms with E-state index in [1.165, 1.54) is 0 Å². The van der Waals surface area contributed by atoms with E-state index in [9.17, 15) is 4.79 Å². The number of amides is 1. The zero-order valence-electron chi connectivity index (χ0n) is 7.40. The molecule has 0 unspecified atom stereocenters. The largest absolute Gasteiger partial charge is 0.369 e. The van der Waals surface area contributed by atoms with Crippen molar-refractivity contribution in [1.29, 1.82) is 0 Å². The average molecular weight is 177 g/mol. The molecule has 0 aliphatic carbocycles. The summed E-state index contributed by atoms with van der Waals surface area (Å²) in [5, 5.41) is 0. The molecule has 1 aromatic rings. The predicted molar refractivity (Wildman–Crippen MR) is 49.6 cm³/mol. The lowest BCUT2D eigenvalue weighted by Gasteiger charge is -1.93. The van der Waals surface area contributed by atoms with Crippen molar-refractivity contribution >= 4 is 12.0 Å². The Labute approximate surface area is 76.5 Å². The van der Waals surface area contributed by atoms with E-state index < -0.39 is 0 Å². The van der Waals surface area contributed by atoms with Crippen LogP contribution in [0.3, 0.4) is 0 Å². The number of nitrogens with two attached hydrogens (primary N) is 1. The number of aromatic nitrogens is 2. The maximum atomic E-state index is 10.4. The number of aryl methyl sites for hydroxylation is 1. The Kier molecular flexibility index (Phi) is 3.14. The van der Waals surface area contributed by atoms with E-state index in [1.54, 1.807) is 24.5 Å². The van der Waals surface area contributed by atoms with Gasteiger partial charge in [0, 0.05) is 12.6 Å². The normalized spacial score (nSPS) is 10.5. The van der Waals surface area contributed by atoms with Crippen LogP contribution in [-0.4, -0.2) is 15.9 Å². The van der Waals surface area contributed by atoms with Crippen LogP contribution >= 0.6 is 0 Å². The average Bonchev–Trinajstić information content (AvgIpc) is 2.03. The van der Waals surface area contributed by atoms with Crippen LogP contribution in [0.4, 0.5) is 0 Å². The number of rotatable bonds is 3. The van der Waals surface area contributed by atoms with Crippen LogP contribution in [0, 0.1) is 6.92 Å². The summed E-state index contributed by atoms with van der Waals surface area (Å²) in [5.41, 5.74) is 6.55. The third kappa shape index (κ3) is 3.46. The van der Waals surface area contributed by atoms with Crippen molar-refractivity contribution in [3.8, 4) is 0 Å². The van der Waals surface area contributed by atoms with E-state index in [2.05, 4.69) is 9.97 Å². The molecular formula is C9H11N3O. The van der Waals surface area contributed by atoms with Crippen LogP contribution in [0.5, 0.6) is 0 Å². The first-order valence-electron chi connectivity index (χ1n) is 3.92. The summed E-state index contributed by atoms with van der Waals surface area (Å²) in [5.74, 6) is -0.350. The Morgan fingerprint density at radius 1 is 1.62 bits per heavy atom. The van der Waals surface area contributed by atoms with Crippen molar-refractivity contribution in [3.05, 3.63) is 29.9 Å². The lowest BCUT2D eigenvalue weighted by atomic mass is 10.3. The third-order valence-electron chi connectivity index (χ3n) is 1.38. The maximum Gasteiger partial charge on any atom is 0.221 e. The van der Waals surface area contributed by atoms with E-state index >= 15 is 0 Å². The van der Waals surface area contributed by atoms with Crippen LogP contribution in [0.2, 0.25) is 0 Å². The van der Waals surface area contributed by atoms with Gasteiger partial charge < -0.3 is 5.73 Å². The third-order valence-corrected chi connectivity index (χ3v) is 1.38. The van der Waals surface area contributed by atoms with Gasteiger partial charge in [-0.25, -0.2) is 0 Å². The molecular weight excluding hydrogens is 166 g/mol. The van der Waals surface area contributed by atoms with Crippen molar-refractivity contribution in [3.63, 3.8) is 0 Å². The Hall–Kier alpha value is -1.71. The van der Waals surface area contributed by atoms with Crippen LogP contribution in [0.25, 0.3) is 6.08 Å². The molecule has 0 atom stereocenters. The van der Waals surface area contributed by atoms with Gasteiger partial charge >= 0.3 is 0 Å². The van der Waals surface area contributed by atoms with Gasteiger partial charge in [-0.3, -0.25) is 14.8 Å². The molecule has 0 spiro atoms. The number of hydrogen-bond donors (Lipinski definition) is 1. The summed E-state index contributed by atoms with van der Waals surface area (Å²) in [6, 6.07) is 0. The van der Waals surface area contributed by atoms with Crippen molar-refractivity contribution in [1.82, 2.24) is 9.97 Å². The number of carbonyl (C=O) groups is 1. The van der Waals surface area contributed by atoms with Crippen molar-refractivity contribution in [2.75, 3.05) is 0 Å². The van der Waals surface area contributed by atoms with Crippen molar-refractivity contribution < 1.29 is 4.79 Å². The summed E-state index contributed by atoms with van der Waals surface area (Å²) < 4.78 is 0. The van der Waals surface area contributed by atoms with Gasteiger partial charge in [0.1, 0.15) is 0 Å². The smallest absolute Gasteiger partial charge is 0.221 e. The van der Waals surface area contributed by atoms with E-state index in [0.717, 1.165) is 11.4 Å². The molecule has 0 aliphatic heterocycles. The molecule has 1 amide bonds. The summed E-state index contributed by atoms with van der Waals surface area (Å²) in [6.45, 7) is 1.86. The summed E-state index contributed by atoms with van der Waals surface area (Å²) in [6.07, 6.45) is 6.93. The first-order valence-corrected chi connectivity index (χ1v) is 3.92. The highest BCUT2D eigenvalue weighted by Crippen LogP contribution is 1.98. The molecule has 4 nitrogen and oxygen atoms in total. The molecule has 0 saturated carbocycles. The van der Waals surface area contributed by atoms with E-state index in [1.807, 2.05) is 6.92 Å². The number of carbonyl (C=O) groups excluding carboxylic acids is 1. The van der Waals surface area contributed by atoms with Crippen molar-refractivity contribution in [2.24, 2.45) is 5.73 Å². The predicted octanol–water partition coefficient (Wildman–Crippen LogP) is 0.674. The molecule has 0 radical (unpaired) electrons.